The minimum Gasteiger partial charge on any atom is -0.339 e. The van der Waals surface area contributed by atoms with Crippen molar-refractivity contribution in [2.45, 2.75) is 61.7 Å². The average molecular weight is 326 g/mol. The van der Waals surface area contributed by atoms with Gasteiger partial charge in [0.25, 0.3) is 0 Å². The first-order valence-corrected chi connectivity index (χ1v) is 9.75. The fraction of sp³-hybridized carbons (Fsp3) is 0.800. The Hall–Kier alpha value is -0.490. The van der Waals surface area contributed by atoms with Crippen molar-refractivity contribution in [3.05, 3.63) is 11.7 Å². The van der Waals surface area contributed by atoms with E-state index >= 15 is 0 Å². The van der Waals surface area contributed by atoms with Gasteiger partial charge in [0.15, 0.2) is 5.82 Å². The van der Waals surface area contributed by atoms with Crippen LogP contribution >= 0.6 is 23.5 Å². The van der Waals surface area contributed by atoms with Gasteiger partial charge in [-0.1, -0.05) is 25.4 Å². The van der Waals surface area contributed by atoms with Crippen molar-refractivity contribution in [2.75, 3.05) is 5.75 Å². The van der Waals surface area contributed by atoms with Gasteiger partial charge in [0.1, 0.15) is 5.78 Å². The van der Waals surface area contributed by atoms with Crippen molar-refractivity contribution in [2.24, 2.45) is 5.92 Å². The van der Waals surface area contributed by atoms with Crippen molar-refractivity contribution < 1.29 is 9.32 Å². The van der Waals surface area contributed by atoms with Gasteiger partial charge in [0, 0.05) is 35.0 Å². The molecule has 2 fully saturated rings. The molecule has 1 saturated heterocycles. The van der Waals surface area contributed by atoms with Crippen LogP contribution in [0.3, 0.4) is 0 Å². The quantitative estimate of drug-likeness (QED) is 0.845. The number of hydrogen-bond acceptors (Lipinski definition) is 6. The molecule has 0 spiro atoms. The van der Waals surface area contributed by atoms with Crippen LogP contribution in [-0.4, -0.2) is 32.2 Å². The molecule has 0 amide bonds. The van der Waals surface area contributed by atoms with Crippen molar-refractivity contribution in [1.29, 1.82) is 0 Å². The lowest BCUT2D eigenvalue weighted by Gasteiger charge is -2.29. The third-order valence-electron chi connectivity index (χ3n) is 4.42. The molecule has 0 aromatic carbocycles. The van der Waals surface area contributed by atoms with Crippen molar-refractivity contribution in [3.8, 4) is 0 Å². The van der Waals surface area contributed by atoms with E-state index in [9.17, 15) is 4.79 Å². The Balaban J connectivity index is 1.62. The molecule has 4 atom stereocenters. The van der Waals surface area contributed by atoms with Gasteiger partial charge in [-0.15, -0.1) is 11.8 Å². The normalized spacial score (nSPS) is 34.1. The lowest BCUT2D eigenvalue weighted by Crippen LogP contribution is -2.22. The highest BCUT2D eigenvalue weighted by Gasteiger charge is 2.31. The maximum absolute atomic E-state index is 11.9. The predicted molar refractivity (Wildman–Crippen MR) is 86.7 cm³/mol. The molecule has 0 N–H and O–H groups in total. The van der Waals surface area contributed by atoms with E-state index in [2.05, 4.69) is 24.0 Å². The van der Waals surface area contributed by atoms with Crippen LogP contribution in [0.2, 0.25) is 0 Å². The molecule has 1 aliphatic heterocycles. The zero-order valence-corrected chi connectivity index (χ0v) is 14.2. The van der Waals surface area contributed by atoms with E-state index in [1.807, 2.05) is 23.5 Å². The number of rotatable bonds is 3. The topological polar surface area (TPSA) is 56.0 Å². The maximum Gasteiger partial charge on any atom is 0.227 e. The molecule has 4 nitrogen and oxygen atoms in total. The van der Waals surface area contributed by atoms with Crippen LogP contribution in [0, 0.1) is 5.92 Å². The van der Waals surface area contributed by atoms with E-state index < -0.39 is 0 Å². The summed E-state index contributed by atoms with van der Waals surface area (Å²) in [5.74, 6) is 2.95. The van der Waals surface area contributed by atoms with Gasteiger partial charge in [-0.05, 0) is 12.8 Å². The van der Waals surface area contributed by atoms with Crippen molar-refractivity contribution >= 4 is 29.3 Å². The van der Waals surface area contributed by atoms with Crippen LogP contribution in [0.4, 0.5) is 0 Å². The maximum atomic E-state index is 11.9. The summed E-state index contributed by atoms with van der Waals surface area (Å²) < 4.78 is 5.40. The standard InChI is InChI=1S/C15H22N2O2S2/c1-9-10(2)21-13(8-20-9)15-16-14(19-17-15)7-11-5-3-4-6-12(11)18/h9-11,13H,3-8H2,1-2H3. The van der Waals surface area contributed by atoms with Gasteiger partial charge in [-0.2, -0.15) is 16.7 Å². The molecule has 1 saturated carbocycles. The average Bonchev–Trinajstić information content (AvgIpc) is 2.93. The molecule has 6 heteroatoms. The van der Waals surface area contributed by atoms with Crippen LogP contribution in [0.5, 0.6) is 0 Å². The number of hydrogen-bond donors (Lipinski definition) is 0. The third kappa shape index (κ3) is 3.65. The molecule has 116 valence electrons. The summed E-state index contributed by atoms with van der Waals surface area (Å²) in [6.07, 6.45) is 4.50. The molecule has 1 aromatic heterocycles. The van der Waals surface area contributed by atoms with E-state index in [4.69, 9.17) is 4.52 Å². The summed E-state index contributed by atoms with van der Waals surface area (Å²) in [6.45, 7) is 4.53. The van der Waals surface area contributed by atoms with Gasteiger partial charge < -0.3 is 4.52 Å². The van der Waals surface area contributed by atoms with Gasteiger partial charge in [-0.3, -0.25) is 4.79 Å². The molecule has 2 aliphatic rings. The fourth-order valence-electron chi connectivity index (χ4n) is 2.88. The van der Waals surface area contributed by atoms with E-state index in [1.165, 1.54) is 0 Å². The molecule has 3 rings (SSSR count). The number of carbonyl (C=O) groups excluding carboxylic acids is 1. The first-order valence-electron chi connectivity index (χ1n) is 7.75. The van der Waals surface area contributed by atoms with E-state index in [0.717, 1.165) is 37.3 Å². The van der Waals surface area contributed by atoms with Crippen LogP contribution in [0.15, 0.2) is 4.52 Å². The molecule has 1 aliphatic carbocycles. The van der Waals surface area contributed by atoms with Gasteiger partial charge in [0.2, 0.25) is 5.89 Å². The predicted octanol–water partition coefficient (Wildman–Crippen LogP) is 3.67. The molecule has 1 aromatic rings. The Kier molecular flexibility index (Phi) is 4.94. The van der Waals surface area contributed by atoms with Gasteiger partial charge in [-0.25, -0.2) is 0 Å². The minimum absolute atomic E-state index is 0.0966. The van der Waals surface area contributed by atoms with Gasteiger partial charge >= 0.3 is 0 Å². The minimum atomic E-state index is 0.0966. The molecular weight excluding hydrogens is 304 g/mol. The number of ketones is 1. The Labute approximate surface area is 134 Å². The summed E-state index contributed by atoms with van der Waals surface area (Å²) in [5, 5.41) is 5.76. The lowest BCUT2D eigenvalue weighted by molar-refractivity contribution is -0.124. The smallest absolute Gasteiger partial charge is 0.227 e. The molecule has 0 radical (unpaired) electrons. The first-order chi connectivity index (χ1) is 10.1. The molecule has 4 unspecified atom stereocenters. The largest absolute Gasteiger partial charge is 0.339 e. The van der Waals surface area contributed by atoms with Crippen LogP contribution in [-0.2, 0) is 11.2 Å². The summed E-state index contributed by atoms with van der Waals surface area (Å²) in [4.78, 5) is 16.4. The van der Waals surface area contributed by atoms with Crippen LogP contribution in [0.25, 0.3) is 0 Å². The monoisotopic (exact) mass is 326 g/mol. The van der Waals surface area contributed by atoms with E-state index in [-0.39, 0.29) is 5.92 Å². The molecular formula is C15H22N2O2S2. The first kappa shape index (κ1) is 15.4. The number of aromatic nitrogens is 2. The lowest BCUT2D eigenvalue weighted by atomic mass is 9.86. The third-order valence-corrected chi connectivity index (χ3v) is 7.81. The molecule has 21 heavy (non-hydrogen) atoms. The van der Waals surface area contributed by atoms with Crippen molar-refractivity contribution in [3.63, 3.8) is 0 Å². The van der Waals surface area contributed by atoms with Crippen LogP contribution < -0.4 is 0 Å². The van der Waals surface area contributed by atoms with Crippen molar-refractivity contribution in [1.82, 2.24) is 10.1 Å². The molecule has 2 heterocycles. The summed E-state index contributed by atoms with van der Waals surface area (Å²) in [5.41, 5.74) is 0. The fourth-order valence-corrected chi connectivity index (χ4v) is 5.72. The second-order valence-electron chi connectivity index (χ2n) is 6.03. The van der Waals surface area contributed by atoms with Gasteiger partial charge in [0.05, 0.1) is 5.25 Å². The van der Waals surface area contributed by atoms with E-state index in [1.54, 1.807) is 0 Å². The highest BCUT2D eigenvalue weighted by molar-refractivity contribution is 8.07. The summed E-state index contributed by atoms with van der Waals surface area (Å²) in [6, 6.07) is 0. The number of thioether (sulfide) groups is 2. The van der Waals surface area contributed by atoms with Crippen LogP contribution in [0.1, 0.15) is 56.5 Å². The Morgan fingerprint density at radius 2 is 2.14 bits per heavy atom. The second kappa shape index (κ2) is 6.73. The molecule has 0 bridgehead atoms. The Morgan fingerprint density at radius 1 is 1.29 bits per heavy atom. The number of Topliss-reactive ketones (excluding diaryl/α,β-unsaturated/α-hetero) is 1. The second-order valence-corrected chi connectivity index (χ2v) is 9.02. The summed E-state index contributed by atoms with van der Waals surface area (Å²) in [7, 11) is 0. The number of nitrogens with zero attached hydrogens (tertiary/aromatic N) is 2. The summed E-state index contributed by atoms with van der Waals surface area (Å²) >= 11 is 3.91. The SMILES string of the molecule is CC1SCC(c2noc(CC3CCCCC3=O)n2)SC1C. The highest BCUT2D eigenvalue weighted by atomic mass is 32.2. The zero-order valence-electron chi connectivity index (χ0n) is 12.6. The zero-order chi connectivity index (χ0) is 14.8. The van der Waals surface area contributed by atoms with E-state index in [0.29, 0.717) is 33.8 Å². The number of carbonyl (C=O) groups is 1. The Bertz CT molecular complexity index is 506. The highest BCUT2D eigenvalue weighted by Crippen LogP contribution is 2.43. The Morgan fingerprint density at radius 3 is 2.90 bits per heavy atom.